The second kappa shape index (κ2) is 8.79. The highest BCUT2D eigenvalue weighted by molar-refractivity contribution is 5.66. The monoisotopic (exact) mass is 273 g/mol. The molecule has 0 fully saturated rings. The van der Waals surface area contributed by atoms with E-state index in [1.165, 1.54) is 5.57 Å². The van der Waals surface area contributed by atoms with Crippen molar-refractivity contribution < 1.29 is 33.5 Å². The van der Waals surface area contributed by atoms with Crippen molar-refractivity contribution in [1.82, 2.24) is 0 Å². The van der Waals surface area contributed by atoms with E-state index < -0.39 is 10.2 Å². The summed E-state index contributed by atoms with van der Waals surface area (Å²) in [7, 11) is -0.921. The molecular weight excluding hydrogens is 258 g/mol. The Bertz CT molecular complexity index is 365. The Hall–Kier alpha value is -1.24. The minimum Gasteiger partial charge on any atom is -0.241 e. The van der Waals surface area contributed by atoms with E-state index in [0.717, 1.165) is 6.42 Å². The van der Waals surface area contributed by atoms with Gasteiger partial charge < -0.3 is 0 Å². The molecule has 1 aliphatic carbocycles. The van der Waals surface area contributed by atoms with E-state index in [1.807, 2.05) is 31.0 Å². The maximum Gasteiger partial charge on any atom is 0.162 e. The van der Waals surface area contributed by atoms with Gasteiger partial charge in [0.05, 0.1) is 0 Å². The predicted octanol–water partition coefficient (Wildman–Crippen LogP) is -2.43. The molecule has 0 heterocycles. The predicted molar refractivity (Wildman–Crippen MR) is 58.3 cm³/mol. The zero-order valence-corrected chi connectivity index (χ0v) is 11.0. The van der Waals surface area contributed by atoms with Crippen molar-refractivity contribution in [3.63, 3.8) is 0 Å². The molecule has 5 nitrogen and oxygen atoms in total. The van der Waals surface area contributed by atoms with Gasteiger partial charge in [-0.05, 0) is 12.0 Å². The Morgan fingerprint density at radius 2 is 1.56 bits per heavy atom. The first-order valence-corrected chi connectivity index (χ1v) is 6.35. The van der Waals surface area contributed by atoms with Gasteiger partial charge in [-0.1, -0.05) is 36.5 Å². The number of hydrogen-bond donors (Lipinski definition) is 0. The molecule has 1 aliphatic rings. The molecule has 0 aromatic heterocycles. The zero-order chi connectivity index (χ0) is 14.0. The lowest BCUT2D eigenvalue weighted by Crippen LogP contribution is -2.68. The van der Waals surface area contributed by atoms with Crippen LogP contribution in [0.5, 0.6) is 0 Å². The fourth-order valence-corrected chi connectivity index (χ4v) is 1.04. The average Bonchev–Trinajstić information content (AvgIpc) is 2.23. The third-order valence-electron chi connectivity index (χ3n) is 1.68. The van der Waals surface area contributed by atoms with Crippen molar-refractivity contribution in [2.24, 2.45) is 0 Å². The standard InChI is InChI=1S/C12H16N.ClHO4/c1-13(2)11-7-6-10-12-8-4-3-5-9-12;2-1(3,4)5/h4-11H,3H2,1-2H3;(H,2,3,4,5)/q+1;/p-1/b7-6+;. The molecular formula is C12H16ClNO4. The number of halogens is 1. The average molecular weight is 274 g/mol. The molecule has 0 saturated carbocycles. The van der Waals surface area contributed by atoms with E-state index in [4.69, 9.17) is 18.6 Å². The minimum absolute atomic E-state index is 1.06. The van der Waals surface area contributed by atoms with Crippen LogP contribution in [0.1, 0.15) is 6.42 Å². The molecule has 0 bridgehead atoms. The highest BCUT2D eigenvalue weighted by Crippen LogP contribution is 2.07. The third-order valence-corrected chi connectivity index (χ3v) is 1.68. The van der Waals surface area contributed by atoms with Crippen molar-refractivity contribution in [2.45, 2.75) is 6.42 Å². The minimum atomic E-state index is -4.94. The molecule has 0 aromatic rings. The normalized spacial score (nSPS) is 14.2. The van der Waals surface area contributed by atoms with Crippen LogP contribution in [0.15, 0.2) is 48.1 Å². The molecule has 0 amide bonds. The lowest BCUT2D eigenvalue weighted by Gasteiger charge is -2.17. The smallest absolute Gasteiger partial charge is 0.162 e. The van der Waals surface area contributed by atoms with Gasteiger partial charge in [0.15, 0.2) is 6.21 Å². The van der Waals surface area contributed by atoms with Gasteiger partial charge in [0.2, 0.25) is 0 Å². The number of nitrogens with zero attached hydrogens (tertiary/aromatic N) is 1. The van der Waals surface area contributed by atoms with Crippen LogP contribution < -0.4 is 18.6 Å². The highest BCUT2D eigenvalue weighted by atomic mass is 35.7. The van der Waals surface area contributed by atoms with Crippen LogP contribution >= 0.6 is 0 Å². The molecule has 0 atom stereocenters. The van der Waals surface area contributed by atoms with Crippen LogP contribution in [0.3, 0.4) is 0 Å². The second-order valence-corrected chi connectivity index (χ2v) is 4.34. The van der Waals surface area contributed by atoms with Crippen LogP contribution in [-0.4, -0.2) is 24.9 Å². The largest absolute Gasteiger partial charge is 0.241 e. The Kier molecular flexibility index (Phi) is 8.19. The lowest BCUT2D eigenvalue weighted by molar-refractivity contribution is -2.00. The summed E-state index contributed by atoms with van der Waals surface area (Å²) in [6.45, 7) is 0. The maximum absolute atomic E-state index is 8.49. The Morgan fingerprint density at radius 3 is 2.00 bits per heavy atom. The van der Waals surface area contributed by atoms with Gasteiger partial charge in [0.1, 0.15) is 14.1 Å². The maximum atomic E-state index is 8.49. The topological polar surface area (TPSA) is 95.2 Å². The first kappa shape index (κ1) is 16.8. The molecule has 100 valence electrons. The van der Waals surface area contributed by atoms with Gasteiger partial charge >= 0.3 is 0 Å². The van der Waals surface area contributed by atoms with Crippen molar-refractivity contribution in [1.29, 1.82) is 0 Å². The summed E-state index contributed by atoms with van der Waals surface area (Å²) < 4.78 is 36.0. The van der Waals surface area contributed by atoms with Crippen molar-refractivity contribution in [3.05, 3.63) is 48.1 Å². The molecule has 0 saturated heterocycles. The molecule has 0 aromatic carbocycles. The van der Waals surface area contributed by atoms with E-state index in [1.54, 1.807) is 0 Å². The van der Waals surface area contributed by atoms with Crippen molar-refractivity contribution >= 4 is 6.21 Å². The Morgan fingerprint density at radius 1 is 1.06 bits per heavy atom. The van der Waals surface area contributed by atoms with Crippen LogP contribution in [0.25, 0.3) is 0 Å². The quantitative estimate of drug-likeness (QED) is 0.413. The van der Waals surface area contributed by atoms with E-state index in [-0.39, 0.29) is 0 Å². The number of allylic oxidation sites excluding steroid dienone is 8. The van der Waals surface area contributed by atoms with Crippen molar-refractivity contribution in [2.75, 3.05) is 14.1 Å². The van der Waals surface area contributed by atoms with Gasteiger partial charge in [0, 0.05) is 6.08 Å². The highest BCUT2D eigenvalue weighted by Gasteiger charge is 1.87. The molecule has 0 radical (unpaired) electrons. The fourth-order valence-electron chi connectivity index (χ4n) is 1.04. The Labute approximate surface area is 109 Å². The lowest BCUT2D eigenvalue weighted by atomic mass is 10.1. The molecule has 18 heavy (non-hydrogen) atoms. The zero-order valence-electron chi connectivity index (χ0n) is 10.3. The molecule has 0 spiro atoms. The number of hydrogen-bond acceptors (Lipinski definition) is 4. The summed E-state index contributed by atoms with van der Waals surface area (Å²) in [6.07, 6.45) is 17.9. The van der Waals surface area contributed by atoms with Crippen LogP contribution in [0, 0.1) is 10.2 Å². The van der Waals surface area contributed by atoms with Gasteiger partial charge in [-0.25, -0.2) is 23.2 Å². The molecule has 0 aliphatic heterocycles. The summed E-state index contributed by atoms with van der Waals surface area (Å²) in [4.78, 5) is 0. The molecule has 6 heteroatoms. The number of rotatable bonds is 2. The molecule has 0 N–H and O–H groups in total. The fraction of sp³-hybridized carbons (Fsp3) is 0.250. The van der Waals surface area contributed by atoms with E-state index in [0.29, 0.717) is 0 Å². The van der Waals surface area contributed by atoms with Gasteiger partial charge in [-0.15, -0.1) is 10.2 Å². The van der Waals surface area contributed by atoms with Crippen LogP contribution in [0.2, 0.25) is 0 Å². The first-order chi connectivity index (χ1) is 8.29. The first-order valence-electron chi connectivity index (χ1n) is 5.12. The van der Waals surface area contributed by atoms with Gasteiger partial charge in [0.25, 0.3) is 0 Å². The summed E-state index contributed by atoms with van der Waals surface area (Å²) in [5.41, 5.74) is 1.26. The van der Waals surface area contributed by atoms with Crippen LogP contribution in [-0.2, 0) is 0 Å². The molecule has 0 unspecified atom stereocenters. The van der Waals surface area contributed by atoms with Gasteiger partial charge in [-0.3, -0.25) is 0 Å². The Balaban J connectivity index is 0.000000494. The van der Waals surface area contributed by atoms with Crippen LogP contribution in [0.4, 0.5) is 0 Å². The van der Waals surface area contributed by atoms with Gasteiger partial charge in [-0.2, -0.15) is 0 Å². The van der Waals surface area contributed by atoms with E-state index in [9.17, 15) is 0 Å². The van der Waals surface area contributed by atoms with Crippen molar-refractivity contribution in [3.8, 4) is 0 Å². The summed E-state index contributed by atoms with van der Waals surface area (Å²) >= 11 is 0. The third kappa shape index (κ3) is 14.8. The summed E-state index contributed by atoms with van der Waals surface area (Å²) in [5, 5.41) is 0. The van der Waals surface area contributed by atoms with E-state index in [2.05, 4.69) is 36.5 Å². The summed E-state index contributed by atoms with van der Waals surface area (Å²) in [5.74, 6) is 0. The van der Waals surface area contributed by atoms with E-state index >= 15 is 0 Å². The second-order valence-electron chi connectivity index (χ2n) is 3.58. The molecule has 1 rings (SSSR count). The summed E-state index contributed by atoms with van der Waals surface area (Å²) in [6, 6.07) is 0. The SMILES string of the molecule is C[N+](C)=C/C=C/C=C1C=CCC=C1.[O-][Cl+3]([O-])([O-])[O-].